The summed E-state index contributed by atoms with van der Waals surface area (Å²) in [5, 5.41) is 14.7. The van der Waals surface area contributed by atoms with E-state index in [1.165, 1.54) is 0 Å². The summed E-state index contributed by atoms with van der Waals surface area (Å²) in [6.07, 6.45) is 2.09. The number of hydrogen-bond donors (Lipinski definition) is 1. The molecule has 1 aromatic heterocycles. The number of hydrogen-bond acceptors (Lipinski definition) is 2. The van der Waals surface area contributed by atoms with Gasteiger partial charge in [0.25, 0.3) is 0 Å². The predicted molar refractivity (Wildman–Crippen MR) is 75.5 cm³/mol. The molecule has 0 aliphatic rings. The summed E-state index contributed by atoms with van der Waals surface area (Å²) in [5.41, 5.74) is 2.85. The first-order valence-corrected chi connectivity index (χ1v) is 6.88. The molecule has 0 bridgehead atoms. The smallest absolute Gasteiger partial charge is 0.122 e. The van der Waals surface area contributed by atoms with Crippen molar-refractivity contribution < 1.29 is 5.11 Å². The van der Waals surface area contributed by atoms with E-state index in [0.717, 1.165) is 34.3 Å². The second kappa shape index (κ2) is 5.67. The Balaban J connectivity index is 2.38. The molecule has 3 nitrogen and oxygen atoms in total. The van der Waals surface area contributed by atoms with Gasteiger partial charge in [0.15, 0.2) is 0 Å². The van der Waals surface area contributed by atoms with Crippen LogP contribution in [0, 0.1) is 6.92 Å². The molecule has 0 saturated carbocycles. The van der Waals surface area contributed by atoms with Crippen molar-refractivity contribution in [1.82, 2.24) is 9.78 Å². The van der Waals surface area contributed by atoms with E-state index in [-0.39, 0.29) is 0 Å². The third-order valence-electron chi connectivity index (χ3n) is 2.91. The average molecular weight is 309 g/mol. The van der Waals surface area contributed by atoms with Crippen molar-refractivity contribution in [1.29, 1.82) is 0 Å². The quantitative estimate of drug-likeness (QED) is 0.939. The minimum absolute atomic E-state index is 0.645. The molecule has 0 aliphatic carbocycles. The highest BCUT2D eigenvalue weighted by atomic mass is 79.9. The van der Waals surface area contributed by atoms with E-state index in [1.54, 1.807) is 6.20 Å². The lowest BCUT2D eigenvalue weighted by atomic mass is 10.0. The first-order chi connectivity index (χ1) is 8.63. The Morgan fingerprint density at radius 1 is 1.39 bits per heavy atom. The molecule has 96 valence electrons. The summed E-state index contributed by atoms with van der Waals surface area (Å²) in [5.74, 6) is 0. The van der Waals surface area contributed by atoms with E-state index in [4.69, 9.17) is 0 Å². The van der Waals surface area contributed by atoms with E-state index >= 15 is 0 Å². The molecule has 0 radical (unpaired) electrons. The number of rotatable bonds is 4. The van der Waals surface area contributed by atoms with Crippen molar-refractivity contribution in [3.63, 3.8) is 0 Å². The third kappa shape index (κ3) is 2.65. The third-order valence-corrected chi connectivity index (χ3v) is 3.63. The SMILES string of the molecule is CCCn1nccc1C(O)c1cc(C)ccc1Br. The minimum atomic E-state index is -0.645. The van der Waals surface area contributed by atoms with Gasteiger partial charge in [-0.1, -0.05) is 40.5 Å². The van der Waals surface area contributed by atoms with Crippen molar-refractivity contribution in [3.8, 4) is 0 Å². The van der Waals surface area contributed by atoms with Crippen molar-refractivity contribution in [2.24, 2.45) is 0 Å². The highest BCUT2D eigenvalue weighted by Crippen LogP contribution is 2.29. The molecule has 18 heavy (non-hydrogen) atoms. The van der Waals surface area contributed by atoms with Crippen LogP contribution >= 0.6 is 15.9 Å². The fourth-order valence-electron chi connectivity index (χ4n) is 2.01. The summed E-state index contributed by atoms with van der Waals surface area (Å²) >= 11 is 3.49. The molecule has 0 amide bonds. The van der Waals surface area contributed by atoms with Gasteiger partial charge in [0, 0.05) is 22.8 Å². The fraction of sp³-hybridized carbons (Fsp3) is 0.357. The Hall–Kier alpha value is -1.13. The first kappa shape index (κ1) is 13.3. The van der Waals surface area contributed by atoms with Crippen LogP contribution in [0.3, 0.4) is 0 Å². The number of aliphatic hydroxyl groups excluding tert-OH is 1. The van der Waals surface area contributed by atoms with Crippen LogP contribution in [0.25, 0.3) is 0 Å². The van der Waals surface area contributed by atoms with Gasteiger partial charge >= 0.3 is 0 Å². The van der Waals surface area contributed by atoms with E-state index in [9.17, 15) is 5.11 Å². The van der Waals surface area contributed by atoms with Crippen LogP contribution in [-0.2, 0) is 6.54 Å². The average Bonchev–Trinajstić information content (AvgIpc) is 2.80. The summed E-state index contributed by atoms with van der Waals surface area (Å²) in [4.78, 5) is 0. The van der Waals surface area contributed by atoms with Crippen molar-refractivity contribution in [2.75, 3.05) is 0 Å². The molecule has 0 aliphatic heterocycles. The lowest BCUT2D eigenvalue weighted by Gasteiger charge is -2.15. The zero-order valence-corrected chi connectivity index (χ0v) is 12.2. The van der Waals surface area contributed by atoms with E-state index in [2.05, 4.69) is 28.0 Å². The van der Waals surface area contributed by atoms with Gasteiger partial charge in [0.2, 0.25) is 0 Å². The molecular formula is C14H17BrN2O. The maximum absolute atomic E-state index is 10.5. The van der Waals surface area contributed by atoms with Gasteiger partial charge in [-0.3, -0.25) is 4.68 Å². The van der Waals surface area contributed by atoms with Crippen molar-refractivity contribution in [2.45, 2.75) is 32.9 Å². The molecule has 0 saturated heterocycles. The first-order valence-electron chi connectivity index (χ1n) is 6.09. The van der Waals surface area contributed by atoms with Crippen molar-refractivity contribution in [3.05, 3.63) is 51.8 Å². The van der Waals surface area contributed by atoms with E-state index in [0.29, 0.717) is 0 Å². The molecule has 1 heterocycles. The molecule has 0 spiro atoms. The molecular weight excluding hydrogens is 292 g/mol. The fourth-order valence-corrected chi connectivity index (χ4v) is 2.47. The molecule has 2 rings (SSSR count). The van der Waals surface area contributed by atoms with Crippen LogP contribution in [-0.4, -0.2) is 14.9 Å². The van der Waals surface area contributed by atoms with E-state index in [1.807, 2.05) is 35.9 Å². The number of benzene rings is 1. The van der Waals surface area contributed by atoms with Gasteiger partial charge in [0.05, 0.1) is 5.69 Å². The van der Waals surface area contributed by atoms with Crippen LogP contribution in [0.15, 0.2) is 34.9 Å². The lowest BCUT2D eigenvalue weighted by molar-refractivity contribution is 0.206. The molecule has 4 heteroatoms. The molecule has 1 N–H and O–H groups in total. The van der Waals surface area contributed by atoms with E-state index < -0.39 is 6.10 Å². The van der Waals surface area contributed by atoms with Gasteiger partial charge < -0.3 is 5.11 Å². The number of aryl methyl sites for hydroxylation is 2. The van der Waals surface area contributed by atoms with Gasteiger partial charge in [-0.25, -0.2) is 0 Å². The van der Waals surface area contributed by atoms with Gasteiger partial charge in [-0.15, -0.1) is 0 Å². The Bertz CT molecular complexity index is 536. The Kier molecular flexibility index (Phi) is 4.19. The molecule has 2 aromatic rings. The normalized spacial score (nSPS) is 12.7. The highest BCUT2D eigenvalue weighted by Gasteiger charge is 2.17. The van der Waals surface area contributed by atoms with Crippen LogP contribution in [0.4, 0.5) is 0 Å². The largest absolute Gasteiger partial charge is 0.382 e. The summed E-state index contributed by atoms with van der Waals surface area (Å²) in [6, 6.07) is 7.85. The second-order valence-electron chi connectivity index (χ2n) is 4.41. The topological polar surface area (TPSA) is 38.0 Å². The standard InChI is InChI=1S/C14H17BrN2O/c1-3-8-17-13(6-7-16-17)14(18)11-9-10(2)4-5-12(11)15/h4-7,9,14,18H,3,8H2,1-2H3. The minimum Gasteiger partial charge on any atom is -0.382 e. The van der Waals surface area contributed by atoms with Gasteiger partial charge in [-0.05, 0) is 25.5 Å². The zero-order chi connectivity index (χ0) is 13.1. The Morgan fingerprint density at radius 2 is 2.17 bits per heavy atom. The number of aliphatic hydroxyl groups is 1. The van der Waals surface area contributed by atoms with Crippen LogP contribution in [0.5, 0.6) is 0 Å². The van der Waals surface area contributed by atoms with Gasteiger partial charge in [-0.2, -0.15) is 5.10 Å². The van der Waals surface area contributed by atoms with Crippen molar-refractivity contribution >= 4 is 15.9 Å². The molecule has 1 unspecified atom stereocenters. The Morgan fingerprint density at radius 3 is 2.89 bits per heavy atom. The molecule has 0 fully saturated rings. The summed E-state index contributed by atoms with van der Waals surface area (Å²) in [6.45, 7) is 4.94. The molecule has 1 aromatic carbocycles. The van der Waals surface area contributed by atoms with Crippen LogP contribution in [0.2, 0.25) is 0 Å². The van der Waals surface area contributed by atoms with Crippen LogP contribution in [0.1, 0.15) is 36.3 Å². The Labute approximate surface area is 116 Å². The monoisotopic (exact) mass is 308 g/mol. The predicted octanol–water partition coefficient (Wildman–Crippen LogP) is 3.45. The van der Waals surface area contributed by atoms with Gasteiger partial charge in [0.1, 0.15) is 6.10 Å². The summed E-state index contributed by atoms with van der Waals surface area (Å²) in [7, 11) is 0. The maximum atomic E-state index is 10.5. The summed E-state index contributed by atoms with van der Waals surface area (Å²) < 4.78 is 2.78. The van der Waals surface area contributed by atoms with Crippen LogP contribution < -0.4 is 0 Å². The lowest BCUT2D eigenvalue weighted by Crippen LogP contribution is -2.10. The molecule has 1 atom stereocenters. The number of aromatic nitrogens is 2. The number of nitrogens with zero attached hydrogens (tertiary/aromatic N) is 2. The highest BCUT2D eigenvalue weighted by molar-refractivity contribution is 9.10. The second-order valence-corrected chi connectivity index (χ2v) is 5.26. The number of halogens is 1. The zero-order valence-electron chi connectivity index (χ0n) is 10.6. The maximum Gasteiger partial charge on any atom is 0.122 e.